The number of amides is 1. The molecule has 2 aromatic carbocycles. The highest BCUT2D eigenvalue weighted by Gasteiger charge is 2.24. The van der Waals surface area contributed by atoms with Crippen LogP contribution in [0.2, 0.25) is 5.02 Å². The zero-order chi connectivity index (χ0) is 18.4. The van der Waals surface area contributed by atoms with Crippen molar-refractivity contribution in [2.24, 2.45) is 0 Å². The van der Waals surface area contributed by atoms with Gasteiger partial charge >= 0.3 is 0 Å². The highest BCUT2D eigenvalue weighted by Crippen LogP contribution is 2.31. The van der Waals surface area contributed by atoms with Crippen LogP contribution in [0.5, 0.6) is 5.75 Å². The third-order valence-corrected chi connectivity index (χ3v) is 5.19. The van der Waals surface area contributed by atoms with Crippen LogP contribution in [0.3, 0.4) is 0 Å². The first kappa shape index (κ1) is 18.7. The van der Waals surface area contributed by atoms with Gasteiger partial charge in [-0.3, -0.25) is 9.69 Å². The molecule has 0 spiro atoms. The van der Waals surface area contributed by atoms with Gasteiger partial charge in [0, 0.05) is 6.04 Å². The third kappa shape index (κ3) is 4.77. The minimum Gasteiger partial charge on any atom is -0.497 e. The number of nitrogens with one attached hydrogen (secondary N) is 1. The predicted octanol–water partition coefficient (Wildman–Crippen LogP) is 4.90. The van der Waals surface area contributed by atoms with E-state index in [1.807, 2.05) is 30.3 Å². The first-order valence-electron chi connectivity index (χ1n) is 9.10. The summed E-state index contributed by atoms with van der Waals surface area (Å²) in [5, 5.41) is 3.49. The van der Waals surface area contributed by atoms with Crippen LogP contribution < -0.4 is 10.1 Å². The minimum atomic E-state index is -0.0292. The summed E-state index contributed by atoms with van der Waals surface area (Å²) in [4.78, 5) is 14.9. The van der Waals surface area contributed by atoms with Gasteiger partial charge in [-0.05, 0) is 49.2 Å². The summed E-state index contributed by atoms with van der Waals surface area (Å²) in [7, 11) is 1.67. The third-order valence-electron chi connectivity index (χ3n) is 4.86. The SMILES string of the molecule is COc1ccc([C@@H]2CCCCCN2CC(=O)Nc2ccccc2Cl)cc1. The number of para-hydroxylation sites is 1. The maximum atomic E-state index is 12.6. The Hall–Kier alpha value is -2.04. The molecule has 1 aliphatic rings. The number of halogens is 1. The highest BCUT2D eigenvalue weighted by molar-refractivity contribution is 6.33. The summed E-state index contributed by atoms with van der Waals surface area (Å²) in [6.45, 7) is 1.29. The fourth-order valence-corrected chi connectivity index (χ4v) is 3.68. The summed E-state index contributed by atoms with van der Waals surface area (Å²) in [5.41, 5.74) is 1.90. The molecule has 1 N–H and O–H groups in total. The molecule has 138 valence electrons. The van der Waals surface area contributed by atoms with Gasteiger partial charge in [0.2, 0.25) is 5.91 Å². The Kier molecular flexibility index (Phi) is 6.53. The quantitative estimate of drug-likeness (QED) is 0.811. The largest absolute Gasteiger partial charge is 0.497 e. The van der Waals surface area contributed by atoms with Crippen molar-refractivity contribution in [3.8, 4) is 5.75 Å². The molecule has 5 heteroatoms. The first-order valence-corrected chi connectivity index (χ1v) is 9.47. The standard InChI is InChI=1S/C21H25ClN2O2/c1-26-17-12-10-16(11-13-17)20-9-3-2-6-14-24(20)15-21(25)23-19-8-5-4-7-18(19)22/h4-5,7-8,10-13,20H,2-3,6,9,14-15H2,1H3,(H,23,25)/t20-/m0/s1. The Morgan fingerprint density at radius 2 is 1.92 bits per heavy atom. The lowest BCUT2D eigenvalue weighted by Crippen LogP contribution is -2.36. The van der Waals surface area contributed by atoms with Crippen molar-refractivity contribution in [3.63, 3.8) is 0 Å². The maximum absolute atomic E-state index is 12.6. The van der Waals surface area contributed by atoms with Crippen molar-refractivity contribution in [1.29, 1.82) is 0 Å². The molecule has 1 aliphatic heterocycles. The van der Waals surface area contributed by atoms with Crippen LogP contribution >= 0.6 is 11.6 Å². The maximum Gasteiger partial charge on any atom is 0.238 e. The van der Waals surface area contributed by atoms with E-state index in [9.17, 15) is 4.79 Å². The van der Waals surface area contributed by atoms with Gasteiger partial charge in [-0.25, -0.2) is 0 Å². The summed E-state index contributed by atoms with van der Waals surface area (Å²) >= 11 is 6.15. The van der Waals surface area contributed by atoms with Crippen molar-refractivity contribution in [2.75, 3.05) is 25.5 Å². The van der Waals surface area contributed by atoms with E-state index in [0.717, 1.165) is 25.1 Å². The lowest BCUT2D eigenvalue weighted by molar-refractivity contribution is -0.117. The van der Waals surface area contributed by atoms with E-state index < -0.39 is 0 Å². The number of rotatable bonds is 5. The van der Waals surface area contributed by atoms with Crippen LogP contribution in [0.4, 0.5) is 5.69 Å². The zero-order valence-electron chi connectivity index (χ0n) is 15.1. The smallest absolute Gasteiger partial charge is 0.238 e. The average molecular weight is 373 g/mol. The van der Waals surface area contributed by atoms with Gasteiger partial charge in [0.25, 0.3) is 0 Å². The lowest BCUT2D eigenvalue weighted by Gasteiger charge is -2.30. The van der Waals surface area contributed by atoms with Gasteiger partial charge in [-0.1, -0.05) is 48.7 Å². The van der Waals surface area contributed by atoms with Crippen molar-refractivity contribution in [3.05, 3.63) is 59.1 Å². The molecule has 3 rings (SSSR count). The van der Waals surface area contributed by atoms with Crippen LogP contribution in [-0.4, -0.2) is 31.0 Å². The number of hydrogen-bond acceptors (Lipinski definition) is 3. The Balaban J connectivity index is 1.71. The average Bonchev–Trinajstić information content (AvgIpc) is 2.89. The number of methoxy groups -OCH3 is 1. The molecule has 26 heavy (non-hydrogen) atoms. The molecule has 0 unspecified atom stereocenters. The van der Waals surface area contributed by atoms with Crippen molar-refractivity contribution in [2.45, 2.75) is 31.7 Å². The monoisotopic (exact) mass is 372 g/mol. The van der Waals surface area contributed by atoms with Gasteiger partial charge in [0.1, 0.15) is 5.75 Å². The van der Waals surface area contributed by atoms with Gasteiger partial charge < -0.3 is 10.1 Å². The fraction of sp³-hybridized carbons (Fsp3) is 0.381. The molecule has 0 bridgehead atoms. The van der Waals surface area contributed by atoms with Crippen molar-refractivity contribution < 1.29 is 9.53 Å². The van der Waals surface area contributed by atoms with Gasteiger partial charge in [-0.2, -0.15) is 0 Å². The van der Waals surface area contributed by atoms with Crippen LogP contribution in [0.15, 0.2) is 48.5 Å². The van der Waals surface area contributed by atoms with E-state index in [0.29, 0.717) is 17.3 Å². The topological polar surface area (TPSA) is 41.6 Å². The predicted molar refractivity (Wildman–Crippen MR) is 106 cm³/mol. The number of carbonyl (C=O) groups excluding carboxylic acids is 1. The Morgan fingerprint density at radius 1 is 1.15 bits per heavy atom. The Morgan fingerprint density at radius 3 is 2.65 bits per heavy atom. The Labute approximate surface area is 160 Å². The molecule has 1 heterocycles. The highest BCUT2D eigenvalue weighted by atomic mass is 35.5. The summed E-state index contributed by atoms with van der Waals surface area (Å²) < 4.78 is 5.26. The molecule has 0 aliphatic carbocycles. The molecule has 2 aromatic rings. The van der Waals surface area contributed by atoms with E-state index in [1.54, 1.807) is 13.2 Å². The normalized spacial score (nSPS) is 18.2. The molecule has 0 aromatic heterocycles. The number of benzene rings is 2. The molecule has 1 atom stereocenters. The van der Waals surface area contributed by atoms with Crippen LogP contribution in [-0.2, 0) is 4.79 Å². The molecule has 4 nitrogen and oxygen atoms in total. The first-order chi connectivity index (χ1) is 12.7. The molecular weight excluding hydrogens is 348 g/mol. The van der Waals surface area contributed by atoms with Gasteiger partial charge in [0.15, 0.2) is 0 Å². The second-order valence-electron chi connectivity index (χ2n) is 6.64. The second-order valence-corrected chi connectivity index (χ2v) is 7.04. The minimum absolute atomic E-state index is 0.0292. The van der Waals surface area contributed by atoms with Crippen LogP contribution in [0.1, 0.15) is 37.3 Å². The van der Waals surface area contributed by atoms with Crippen LogP contribution in [0, 0.1) is 0 Å². The van der Waals surface area contributed by atoms with E-state index in [4.69, 9.17) is 16.3 Å². The van der Waals surface area contributed by atoms with E-state index in [-0.39, 0.29) is 11.9 Å². The molecule has 0 radical (unpaired) electrons. The fourth-order valence-electron chi connectivity index (χ4n) is 3.50. The summed E-state index contributed by atoms with van der Waals surface area (Å²) in [5.74, 6) is 0.823. The Bertz CT molecular complexity index is 733. The number of hydrogen-bond donors (Lipinski definition) is 1. The number of anilines is 1. The van der Waals surface area contributed by atoms with Crippen molar-refractivity contribution >= 4 is 23.2 Å². The van der Waals surface area contributed by atoms with E-state index in [1.165, 1.54) is 18.4 Å². The van der Waals surface area contributed by atoms with Crippen molar-refractivity contribution in [1.82, 2.24) is 4.90 Å². The number of likely N-dealkylation sites (tertiary alicyclic amines) is 1. The molecule has 1 saturated heterocycles. The van der Waals surface area contributed by atoms with E-state index >= 15 is 0 Å². The van der Waals surface area contributed by atoms with Crippen LogP contribution in [0.25, 0.3) is 0 Å². The molecule has 1 amide bonds. The van der Waals surface area contributed by atoms with E-state index in [2.05, 4.69) is 22.3 Å². The summed E-state index contributed by atoms with van der Waals surface area (Å²) in [6.07, 6.45) is 4.56. The number of carbonyl (C=O) groups is 1. The number of nitrogens with zero attached hydrogens (tertiary/aromatic N) is 1. The number of ether oxygens (including phenoxy) is 1. The molecule has 1 fully saturated rings. The van der Waals surface area contributed by atoms with Gasteiger partial charge in [-0.15, -0.1) is 0 Å². The second kappa shape index (κ2) is 9.06. The lowest BCUT2D eigenvalue weighted by atomic mass is 10.0. The zero-order valence-corrected chi connectivity index (χ0v) is 15.8. The summed E-state index contributed by atoms with van der Waals surface area (Å²) in [6, 6.07) is 15.8. The van der Waals surface area contributed by atoms with Gasteiger partial charge in [0.05, 0.1) is 24.4 Å². The molecular formula is C21H25ClN2O2. The molecule has 0 saturated carbocycles.